The number of carbonyl (C=O) groups excluding carboxylic acids is 1. The molecule has 4 nitrogen and oxygen atoms in total. The molecule has 1 heterocycles. The Balaban J connectivity index is 1.99. The van der Waals surface area contributed by atoms with Crippen LogP contribution in [0.1, 0.15) is 22.9 Å². The van der Waals surface area contributed by atoms with E-state index in [4.69, 9.17) is 10.5 Å². The summed E-state index contributed by atoms with van der Waals surface area (Å²) in [6.45, 7) is 2.03. The number of hydrogen-bond donors (Lipinski definition) is 1. The molecular weight excluding hydrogens is 415 g/mol. The normalized spacial score (nSPS) is 12.1. The van der Waals surface area contributed by atoms with Crippen molar-refractivity contribution in [2.45, 2.75) is 19.4 Å². The minimum atomic E-state index is -0.793. The van der Waals surface area contributed by atoms with Crippen LogP contribution < -0.4 is 5.73 Å². The highest BCUT2D eigenvalue weighted by molar-refractivity contribution is 14.1. The van der Waals surface area contributed by atoms with Crippen LogP contribution in [0.5, 0.6) is 0 Å². The largest absolute Gasteiger partial charge is 0.440 e. The van der Waals surface area contributed by atoms with Gasteiger partial charge in [0.15, 0.2) is 0 Å². The molecule has 24 heavy (non-hydrogen) atoms. The van der Waals surface area contributed by atoms with Crippen LogP contribution in [0.3, 0.4) is 0 Å². The maximum atomic E-state index is 11.3. The number of carbonyl (C=O) groups is 1. The fourth-order valence-electron chi connectivity index (χ4n) is 2.72. The Morgan fingerprint density at radius 2 is 1.92 bits per heavy atom. The Bertz CT molecular complexity index is 878. The third-order valence-electron chi connectivity index (χ3n) is 3.87. The summed E-state index contributed by atoms with van der Waals surface area (Å²) in [6.07, 6.45) is -0.769. The third kappa shape index (κ3) is 3.84. The van der Waals surface area contributed by atoms with Crippen LogP contribution in [-0.2, 0) is 11.2 Å². The minimum absolute atomic E-state index is 0.508. The van der Waals surface area contributed by atoms with Gasteiger partial charge in [0.05, 0.1) is 11.2 Å². The van der Waals surface area contributed by atoms with Crippen molar-refractivity contribution in [3.63, 3.8) is 0 Å². The Hall–Kier alpha value is -2.15. The van der Waals surface area contributed by atoms with E-state index in [9.17, 15) is 4.79 Å². The zero-order valence-electron chi connectivity index (χ0n) is 13.2. The molecule has 1 aromatic heterocycles. The topological polar surface area (TPSA) is 65.2 Å². The van der Waals surface area contributed by atoms with Crippen molar-refractivity contribution in [3.8, 4) is 0 Å². The molecular formula is C19H17IN2O2. The molecule has 0 aliphatic rings. The average molecular weight is 432 g/mol. The number of fused-ring (bicyclic) bond motifs is 1. The predicted octanol–water partition coefficient (Wildman–Crippen LogP) is 4.53. The number of para-hydroxylation sites is 1. The van der Waals surface area contributed by atoms with E-state index in [-0.39, 0.29) is 0 Å². The van der Waals surface area contributed by atoms with Gasteiger partial charge in [-0.15, -0.1) is 0 Å². The van der Waals surface area contributed by atoms with Gasteiger partial charge < -0.3 is 10.5 Å². The second-order valence-corrected chi connectivity index (χ2v) is 6.88. The second kappa shape index (κ2) is 7.17. The molecule has 2 N–H and O–H groups in total. The number of hydrogen-bond acceptors (Lipinski definition) is 3. The zero-order chi connectivity index (χ0) is 17.1. The van der Waals surface area contributed by atoms with E-state index in [2.05, 4.69) is 27.6 Å². The summed E-state index contributed by atoms with van der Waals surface area (Å²) in [5.41, 5.74) is 9.02. The van der Waals surface area contributed by atoms with Gasteiger partial charge in [0.25, 0.3) is 0 Å². The van der Waals surface area contributed by atoms with E-state index in [1.807, 2.05) is 61.5 Å². The fraction of sp³-hybridized carbons (Fsp3) is 0.158. The van der Waals surface area contributed by atoms with Gasteiger partial charge in [0, 0.05) is 15.4 Å². The van der Waals surface area contributed by atoms with Crippen LogP contribution in [0.2, 0.25) is 0 Å². The van der Waals surface area contributed by atoms with Gasteiger partial charge in [0.1, 0.15) is 6.10 Å². The van der Waals surface area contributed by atoms with Crippen molar-refractivity contribution in [2.24, 2.45) is 5.73 Å². The van der Waals surface area contributed by atoms with Gasteiger partial charge >= 0.3 is 6.09 Å². The van der Waals surface area contributed by atoms with Gasteiger partial charge in [-0.2, -0.15) is 0 Å². The molecule has 0 spiro atoms. The van der Waals surface area contributed by atoms with Crippen LogP contribution in [0.25, 0.3) is 10.9 Å². The molecule has 0 aliphatic heterocycles. The maximum Gasteiger partial charge on any atom is 0.405 e. The molecule has 1 unspecified atom stereocenters. The number of primary amides is 1. The number of pyridine rings is 1. The van der Waals surface area contributed by atoms with Gasteiger partial charge in [-0.25, -0.2) is 9.78 Å². The lowest BCUT2D eigenvalue weighted by Gasteiger charge is -2.18. The Labute approximate surface area is 154 Å². The number of halogens is 1. The first-order valence-corrected chi connectivity index (χ1v) is 8.67. The third-order valence-corrected chi connectivity index (χ3v) is 4.58. The highest BCUT2D eigenvalue weighted by Gasteiger charge is 2.19. The first-order chi connectivity index (χ1) is 11.5. The molecule has 0 saturated carbocycles. The molecule has 1 amide bonds. The summed E-state index contributed by atoms with van der Waals surface area (Å²) in [5.74, 6) is 0. The van der Waals surface area contributed by atoms with Gasteiger partial charge in [-0.05, 0) is 64.9 Å². The molecule has 1 atom stereocenters. The molecule has 0 fully saturated rings. The van der Waals surface area contributed by atoms with E-state index in [1.165, 1.54) is 0 Å². The maximum absolute atomic E-state index is 11.3. The van der Waals surface area contributed by atoms with Crippen molar-refractivity contribution >= 4 is 39.6 Å². The molecule has 0 aliphatic carbocycles. The molecule has 2 aromatic carbocycles. The van der Waals surface area contributed by atoms with Gasteiger partial charge in [0.2, 0.25) is 0 Å². The highest BCUT2D eigenvalue weighted by Crippen LogP contribution is 2.26. The van der Waals surface area contributed by atoms with Crippen molar-refractivity contribution in [2.75, 3.05) is 0 Å². The minimum Gasteiger partial charge on any atom is -0.440 e. The van der Waals surface area contributed by atoms with E-state index < -0.39 is 12.2 Å². The van der Waals surface area contributed by atoms with E-state index in [1.54, 1.807) is 0 Å². The molecule has 122 valence electrons. The lowest BCUT2D eigenvalue weighted by atomic mass is 10.0. The number of aryl methyl sites for hydroxylation is 1. The zero-order valence-corrected chi connectivity index (χ0v) is 15.4. The number of aromatic nitrogens is 1. The quantitative estimate of drug-likeness (QED) is 0.617. The molecule has 0 saturated heterocycles. The van der Waals surface area contributed by atoms with E-state index in [0.29, 0.717) is 12.1 Å². The smallest absolute Gasteiger partial charge is 0.405 e. The van der Waals surface area contributed by atoms with E-state index >= 15 is 0 Å². The Morgan fingerprint density at radius 1 is 1.21 bits per heavy atom. The monoisotopic (exact) mass is 432 g/mol. The number of amides is 1. The SMILES string of the molecule is Cc1cc(C(Cc2ccc(I)cc2)OC(N)=O)nc2ccccc12. The average Bonchev–Trinajstić information content (AvgIpc) is 2.56. The first kappa shape index (κ1) is 16.7. The summed E-state index contributed by atoms with van der Waals surface area (Å²) in [5, 5.41) is 1.09. The summed E-state index contributed by atoms with van der Waals surface area (Å²) >= 11 is 2.26. The number of ether oxygens (including phenoxy) is 1. The predicted molar refractivity (Wildman–Crippen MR) is 103 cm³/mol. The van der Waals surface area contributed by atoms with Crippen LogP contribution in [-0.4, -0.2) is 11.1 Å². The number of nitrogens with zero attached hydrogens (tertiary/aromatic N) is 1. The van der Waals surface area contributed by atoms with Crippen LogP contribution in [0.15, 0.2) is 54.6 Å². The van der Waals surface area contributed by atoms with Crippen LogP contribution in [0.4, 0.5) is 4.79 Å². The number of nitrogens with two attached hydrogens (primary N) is 1. The molecule has 5 heteroatoms. The summed E-state index contributed by atoms with van der Waals surface area (Å²) in [4.78, 5) is 16.0. The molecule has 0 bridgehead atoms. The molecule has 3 rings (SSSR count). The fourth-order valence-corrected chi connectivity index (χ4v) is 3.08. The molecule has 3 aromatic rings. The lowest BCUT2D eigenvalue weighted by Crippen LogP contribution is -2.20. The Kier molecular flexibility index (Phi) is 4.99. The van der Waals surface area contributed by atoms with Gasteiger partial charge in [-0.1, -0.05) is 30.3 Å². The van der Waals surface area contributed by atoms with E-state index in [0.717, 1.165) is 25.6 Å². The molecule has 0 radical (unpaired) electrons. The first-order valence-electron chi connectivity index (χ1n) is 7.60. The van der Waals surface area contributed by atoms with Crippen molar-refractivity contribution < 1.29 is 9.53 Å². The summed E-state index contributed by atoms with van der Waals surface area (Å²) in [7, 11) is 0. The summed E-state index contributed by atoms with van der Waals surface area (Å²) in [6, 6.07) is 18.0. The number of rotatable bonds is 4. The summed E-state index contributed by atoms with van der Waals surface area (Å²) < 4.78 is 6.50. The second-order valence-electron chi connectivity index (χ2n) is 5.64. The lowest BCUT2D eigenvalue weighted by molar-refractivity contribution is 0.104. The van der Waals surface area contributed by atoms with Crippen molar-refractivity contribution in [1.82, 2.24) is 4.98 Å². The highest BCUT2D eigenvalue weighted by atomic mass is 127. The Morgan fingerprint density at radius 3 is 2.62 bits per heavy atom. The standard InChI is InChI=1S/C19H17IN2O2/c1-12-10-17(22-16-5-3-2-4-15(12)16)18(24-19(21)23)11-13-6-8-14(20)9-7-13/h2-10,18H,11H2,1H3,(H2,21,23). The van der Waals surface area contributed by atoms with Crippen LogP contribution >= 0.6 is 22.6 Å². The number of benzene rings is 2. The van der Waals surface area contributed by atoms with Crippen molar-refractivity contribution in [3.05, 3.63) is 75.0 Å². The van der Waals surface area contributed by atoms with Crippen molar-refractivity contribution in [1.29, 1.82) is 0 Å². The van der Waals surface area contributed by atoms with Gasteiger partial charge in [-0.3, -0.25) is 0 Å². The van der Waals surface area contributed by atoms with Crippen LogP contribution in [0, 0.1) is 10.5 Å².